The number of urea groups is 1. The Labute approximate surface area is 349 Å². The summed E-state index contributed by atoms with van der Waals surface area (Å²) in [6.45, 7) is 1.90. The molecule has 61 heavy (non-hydrogen) atoms. The lowest BCUT2D eigenvalue weighted by atomic mass is 10.0. The highest BCUT2D eigenvalue weighted by Crippen LogP contribution is 2.30. The highest BCUT2D eigenvalue weighted by Gasteiger charge is 2.40. The molecule has 0 spiro atoms. The number of primary amides is 1. The number of amides is 3. The number of likely N-dealkylation sites (tertiary alicyclic amines) is 1. The van der Waals surface area contributed by atoms with E-state index in [9.17, 15) is 36.3 Å². The van der Waals surface area contributed by atoms with Gasteiger partial charge in [-0.2, -0.15) is 31.0 Å². The molecule has 15 nitrogen and oxygen atoms in total. The molecule has 0 aliphatic carbocycles. The second kappa shape index (κ2) is 19.1. The van der Waals surface area contributed by atoms with E-state index in [0.29, 0.717) is 57.6 Å². The molecule has 1 unspecified atom stereocenters. The summed E-state index contributed by atoms with van der Waals surface area (Å²) in [6, 6.07) is 24.8. The summed E-state index contributed by atoms with van der Waals surface area (Å²) in [5.41, 5.74) is 9.12. The molecule has 1 aliphatic rings. The fraction of sp³-hybridized carbons (Fsp3) is 0.262. The Balaban J connectivity index is 0.000000925. The van der Waals surface area contributed by atoms with Crippen molar-refractivity contribution < 1.29 is 68.9 Å². The molecule has 4 aromatic carbocycles. The first kappa shape index (κ1) is 45.4. The number of hydrogen-bond donors (Lipinski definition) is 4. The predicted molar refractivity (Wildman–Crippen MR) is 217 cm³/mol. The van der Waals surface area contributed by atoms with Gasteiger partial charge in [-0.05, 0) is 72.3 Å². The zero-order valence-corrected chi connectivity index (χ0v) is 34.1. The molecule has 0 saturated carbocycles. The molecule has 3 amide bonds. The number of anilines is 1. The summed E-state index contributed by atoms with van der Waals surface area (Å²) >= 11 is 0. The fourth-order valence-electron chi connectivity index (χ4n) is 6.92. The number of piperidine rings is 1. The minimum atomic E-state index is -5.08. The van der Waals surface area contributed by atoms with Crippen LogP contribution in [0, 0.1) is 0 Å². The standard InChI is InChI=1S/C40H41N5O8S.C2HF3O2/c1-45(25-28-13-20-35(51-2)36(24-28)52-3)22-6-9-31(26-45)44(34(39(41)47)23-27-11-16-32(46)17-12-27)40(48)43-30-14-18-33(19-15-30)53-54(49,50)37-10-4-7-29-8-5-21-42-38(29)37;3-2(4,5)1(6)7/h4-5,7-8,10-21,24,34H,6,9,22-23,25-26H2,1-3H3,(H2-2,41,43,46,47,48);(H,6,7)/p+2/b44-31+;/t34-,45?;/m0./s1. The second-order valence-corrected chi connectivity index (χ2v) is 15.8. The van der Waals surface area contributed by atoms with Gasteiger partial charge in [0.25, 0.3) is 5.91 Å². The molecule has 6 rings (SSSR count). The molecule has 19 heteroatoms. The summed E-state index contributed by atoms with van der Waals surface area (Å²) in [4.78, 5) is 40.6. The van der Waals surface area contributed by atoms with Crippen LogP contribution >= 0.6 is 0 Å². The summed E-state index contributed by atoms with van der Waals surface area (Å²) < 4.78 is 76.7. The molecule has 2 heterocycles. The maximum atomic E-state index is 14.3. The van der Waals surface area contributed by atoms with Crippen LogP contribution in [0.15, 0.2) is 108 Å². The number of quaternary nitrogens is 1. The van der Waals surface area contributed by atoms with Crippen LogP contribution in [0.25, 0.3) is 10.9 Å². The van der Waals surface area contributed by atoms with Gasteiger partial charge >= 0.3 is 28.3 Å². The molecule has 5 aromatic rings. The Morgan fingerprint density at radius 3 is 2.20 bits per heavy atom. The highest BCUT2D eigenvalue weighted by molar-refractivity contribution is 7.87. The lowest BCUT2D eigenvalue weighted by molar-refractivity contribution is -0.918. The lowest BCUT2D eigenvalue weighted by Crippen LogP contribution is -2.56. The molecule has 1 aromatic heterocycles. The number of carboxylic acids is 1. The molecular weight excluding hydrogens is 824 g/mol. The van der Waals surface area contributed by atoms with Crippen LogP contribution in [0.5, 0.6) is 23.0 Å². The van der Waals surface area contributed by atoms with Crippen molar-refractivity contribution in [3.05, 3.63) is 114 Å². The molecule has 1 aliphatic heterocycles. The summed E-state index contributed by atoms with van der Waals surface area (Å²) in [7, 11) is 1.04. The van der Waals surface area contributed by atoms with Crippen LogP contribution in [0.4, 0.5) is 23.7 Å². The smallest absolute Gasteiger partial charge is 0.496 e. The molecule has 5 N–H and O–H groups in total. The van der Waals surface area contributed by atoms with Gasteiger partial charge < -0.3 is 34.1 Å². The van der Waals surface area contributed by atoms with Gasteiger partial charge in [-0.25, -0.2) is 10.1 Å². The number of carbonyl (C=O) groups excluding carboxylic acids is 2. The van der Waals surface area contributed by atoms with E-state index >= 15 is 0 Å². The first-order chi connectivity index (χ1) is 28.8. The Bertz CT molecular complexity index is 2530. The number of aromatic nitrogens is 1. The molecule has 322 valence electrons. The van der Waals surface area contributed by atoms with Crippen LogP contribution in [0.1, 0.15) is 24.0 Å². The Morgan fingerprint density at radius 1 is 0.934 bits per heavy atom. The predicted octanol–water partition coefficient (Wildman–Crippen LogP) is 5.88. The van der Waals surface area contributed by atoms with E-state index in [-0.39, 0.29) is 22.8 Å². The van der Waals surface area contributed by atoms with Gasteiger partial charge in [0.2, 0.25) is 0 Å². The minimum Gasteiger partial charge on any atom is -0.508 e. The molecule has 0 radical (unpaired) electrons. The van der Waals surface area contributed by atoms with E-state index in [1.54, 1.807) is 50.6 Å². The maximum absolute atomic E-state index is 14.3. The Morgan fingerprint density at radius 2 is 1.57 bits per heavy atom. The largest absolute Gasteiger partial charge is 0.508 e. The summed E-state index contributed by atoms with van der Waals surface area (Å²) in [5.74, 6) is -2.10. The monoisotopic (exact) mass is 867 g/mol. The number of benzene rings is 4. The number of aliphatic carboxylic acids is 1. The number of fused-ring (bicyclic) bond motifs is 1. The number of phenolic OH excluding ortho intramolecular Hbond substituents is 1. The van der Waals surface area contributed by atoms with E-state index in [0.717, 1.165) is 24.2 Å². The quantitative estimate of drug-likeness (QED) is 0.0662. The summed E-state index contributed by atoms with van der Waals surface area (Å²) in [5, 5.41) is 20.5. The van der Waals surface area contributed by atoms with Gasteiger partial charge in [0.05, 0.1) is 33.3 Å². The Kier molecular flexibility index (Phi) is 14.2. The highest BCUT2D eigenvalue weighted by atomic mass is 32.2. The zero-order chi connectivity index (χ0) is 44.5. The molecule has 1 fully saturated rings. The van der Waals surface area contributed by atoms with E-state index in [2.05, 4.69) is 17.3 Å². The number of pyridine rings is 1. The first-order valence-corrected chi connectivity index (χ1v) is 20.0. The number of methoxy groups -OCH3 is 2. The van der Waals surface area contributed by atoms with Gasteiger partial charge in [-0.3, -0.25) is 9.78 Å². The SMILES string of the molecule is COc1ccc(C[N+]2(C)CCC/C(=[N+](\C(=O)Nc3ccc(OS(=O)(=O)c4cccc5cccnc45)cc3)[C@@H](Cc3ccc(O)cc3)C(N)=O)C2)cc1OC.O=C(O)C(F)(F)F. The molecule has 0 bridgehead atoms. The fourth-order valence-corrected chi connectivity index (χ4v) is 8.03. The first-order valence-electron chi connectivity index (χ1n) is 18.6. The van der Waals surface area contributed by atoms with E-state index in [1.807, 2.05) is 18.2 Å². The zero-order valence-electron chi connectivity index (χ0n) is 33.3. The topological polar surface area (TPSA) is 207 Å². The minimum absolute atomic E-state index is 0.0324. The normalized spacial score (nSPS) is 16.6. The van der Waals surface area contributed by atoms with Gasteiger partial charge in [-0.15, -0.1) is 0 Å². The van der Waals surface area contributed by atoms with Crippen molar-refractivity contribution in [1.82, 2.24) is 4.98 Å². The van der Waals surface area contributed by atoms with Crippen LogP contribution < -0.4 is 24.7 Å². The second-order valence-electron chi connectivity index (χ2n) is 14.3. The average Bonchev–Trinajstić information content (AvgIpc) is 3.21. The van der Waals surface area contributed by atoms with Gasteiger partial charge in [0.1, 0.15) is 40.9 Å². The van der Waals surface area contributed by atoms with E-state index in [1.165, 1.54) is 53.2 Å². The molecular formula is C42H44F3N5O10S+2. The number of nitrogens with zero attached hydrogens (tertiary/aromatic N) is 3. The van der Waals surface area contributed by atoms with Gasteiger partial charge in [0, 0.05) is 36.4 Å². The van der Waals surface area contributed by atoms with Crippen molar-refractivity contribution in [2.45, 2.75) is 42.9 Å². The number of rotatable bonds is 12. The third-order valence-corrected chi connectivity index (χ3v) is 11.0. The average molecular weight is 868 g/mol. The Hall–Kier alpha value is -6.73. The number of carboxylic acid groups (broad SMARTS) is 1. The number of ether oxygens (including phenoxy) is 2. The number of phenols is 1. The molecule has 1 saturated heterocycles. The summed E-state index contributed by atoms with van der Waals surface area (Å²) in [6.07, 6.45) is -2.15. The third kappa shape index (κ3) is 11.7. The van der Waals surface area contributed by atoms with Crippen molar-refractivity contribution in [3.63, 3.8) is 0 Å². The number of halogens is 3. The van der Waals surface area contributed by atoms with Crippen molar-refractivity contribution in [2.75, 3.05) is 39.7 Å². The number of nitrogens with two attached hydrogens (primary N) is 1. The van der Waals surface area contributed by atoms with Crippen molar-refractivity contribution in [3.8, 4) is 23.0 Å². The lowest BCUT2D eigenvalue weighted by Gasteiger charge is -2.38. The van der Waals surface area contributed by atoms with Crippen molar-refractivity contribution in [2.24, 2.45) is 5.73 Å². The van der Waals surface area contributed by atoms with E-state index < -0.39 is 40.2 Å². The molecule has 2 atom stereocenters. The van der Waals surface area contributed by atoms with Crippen LogP contribution in [-0.4, -0.2) is 103 Å². The third-order valence-electron chi connectivity index (χ3n) is 9.72. The van der Waals surface area contributed by atoms with Crippen LogP contribution in [0.3, 0.4) is 0 Å². The van der Waals surface area contributed by atoms with Gasteiger partial charge in [0.15, 0.2) is 17.5 Å². The van der Waals surface area contributed by atoms with Crippen molar-refractivity contribution in [1.29, 1.82) is 0 Å². The van der Waals surface area contributed by atoms with E-state index in [4.69, 9.17) is 29.3 Å². The van der Waals surface area contributed by atoms with Crippen molar-refractivity contribution >= 4 is 50.3 Å². The number of nitrogens with one attached hydrogen (secondary N) is 1. The number of para-hydroxylation sites is 1. The van der Waals surface area contributed by atoms with Crippen LogP contribution in [0.2, 0.25) is 0 Å². The maximum Gasteiger partial charge on any atom is 0.496 e. The van der Waals surface area contributed by atoms with Crippen LogP contribution in [-0.2, 0) is 32.7 Å². The number of aromatic hydroxyl groups is 1. The van der Waals surface area contributed by atoms with Gasteiger partial charge in [-0.1, -0.05) is 30.3 Å². The number of hydrogen-bond acceptors (Lipinski definition) is 10. The number of alkyl halides is 3. The number of carbonyl (C=O) groups is 3.